The first-order chi connectivity index (χ1) is 11.0. The highest BCUT2D eigenvalue weighted by molar-refractivity contribution is 7.61. The van der Waals surface area contributed by atoms with Crippen molar-refractivity contribution in [3.63, 3.8) is 0 Å². The van der Waals surface area contributed by atoms with Gasteiger partial charge in [0.2, 0.25) is 0 Å². The molecular weight excluding hydrogens is 307 g/mol. The van der Waals surface area contributed by atoms with Gasteiger partial charge in [0.1, 0.15) is 0 Å². The van der Waals surface area contributed by atoms with E-state index in [1.54, 1.807) is 0 Å². The van der Waals surface area contributed by atoms with Crippen LogP contribution in [0.15, 0.2) is 48.5 Å². The standard InChI is InChI=1S/C19H17O3P/c1-2-4-15-11-14-8-7-12-5-3-6-13-9-10-16(18(14)17(12)13)19(15)23(20,21)22/h3,5-11H,2,4H2,1H3,(H2,20,21,22). The molecule has 0 spiro atoms. The molecule has 0 radical (unpaired) electrons. The molecule has 2 N–H and O–H groups in total. The van der Waals surface area contributed by atoms with Gasteiger partial charge in [-0.05, 0) is 44.3 Å². The van der Waals surface area contributed by atoms with Crippen molar-refractivity contribution in [1.29, 1.82) is 0 Å². The van der Waals surface area contributed by atoms with Gasteiger partial charge in [-0.3, -0.25) is 4.57 Å². The second-order valence-corrected chi connectivity index (χ2v) is 7.57. The van der Waals surface area contributed by atoms with Gasteiger partial charge in [0.25, 0.3) is 0 Å². The molecule has 0 atom stereocenters. The minimum atomic E-state index is -4.34. The first kappa shape index (κ1) is 14.6. The zero-order valence-corrected chi connectivity index (χ0v) is 13.7. The normalized spacial score (nSPS) is 12.7. The van der Waals surface area contributed by atoms with Crippen LogP contribution in [-0.2, 0) is 11.0 Å². The van der Waals surface area contributed by atoms with Gasteiger partial charge in [0, 0.05) is 0 Å². The topological polar surface area (TPSA) is 57.5 Å². The van der Waals surface area contributed by atoms with E-state index >= 15 is 0 Å². The second-order valence-electron chi connectivity index (χ2n) is 6.03. The van der Waals surface area contributed by atoms with Crippen LogP contribution < -0.4 is 5.30 Å². The molecule has 0 fully saturated rings. The predicted molar refractivity (Wildman–Crippen MR) is 95.8 cm³/mol. The summed E-state index contributed by atoms with van der Waals surface area (Å²) in [6.07, 6.45) is 1.51. The number of hydrogen-bond donors (Lipinski definition) is 2. The van der Waals surface area contributed by atoms with Gasteiger partial charge in [-0.25, -0.2) is 0 Å². The van der Waals surface area contributed by atoms with Crippen LogP contribution >= 0.6 is 7.60 Å². The van der Waals surface area contributed by atoms with Crippen LogP contribution in [0.25, 0.3) is 32.3 Å². The molecule has 4 heteroatoms. The van der Waals surface area contributed by atoms with Gasteiger partial charge >= 0.3 is 7.60 Å². The maximum Gasteiger partial charge on any atom is 0.357 e. The summed E-state index contributed by atoms with van der Waals surface area (Å²) < 4.78 is 12.2. The van der Waals surface area contributed by atoms with E-state index in [0.29, 0.717) is 11.8 Å². The van der Waals surface area contributed by atoms with E-state index in [9.17, 15) is 14.4 Å². The van der Waals surface area contributed by atoms with Crippen molar-refractivity contribution in [2.24, 2.45) is 0 Å². The maximum absolute atomic E-state index is 12.2. The third-order valence-electron chi connectivity index (χ3n) is 4.51. The fourth-order valence-corrected chi connectivity index (χ4v) is 4.71. The molecule has 4 aromatic rings. The predicted octanol–water partition coefficient (Wildman–Crippen LogP) is 4.34. The van der Waals surface area contributed by atoms with Crippen molar-refractivity contribution in [3.8, 4) is 0 Å². The second kappa shape index (κ2) is 5.04. The van der Waals surface area contributed by atoms with E-state index in [4.69, 9.17) is 0 Å². The van der Waals surface area contributed by atoms with Crippen LogP contribution in [0.1, 0.15) is 18.9 Å². The minimum Gasteiger partial charge on any atom is -0.321 e. The largest absolute Gasteiger partial charge is 0.357 e. The van der Waals surface area contributed by atoms with Crippen LogP contribution in [0.5, 0.6) is 0 Å². The Labute approximate surface area is 134 Å². The lowest BCUT2D eigenvalue weighted by Crippen LogP contribution is -2.13. The summed E-state index contributed by atoms with van der Waals surface area (Å²) >= 11 is 0. The van der Waals surface area contributed by atoms with E-state index in [2.05, 4.69) is 6.07 Å². The Hall–Kier alpha value is -1.93. The highest BCUT2D eigenvalue weighted by Gasteiger charge is 2.26. The lowest BCUT2D eigenvalue weighted by molar-refractivity contribution is 0.387. The molecule has 116 valence electrons. The van der Waals surface area contributed by atoms with E-state index in [1.165, 1.54) is 0 Å². The Kier molecular flexibility index (Phi) is 3.21. The Morgan fingerprint density at radius 1 is 0.913 bits per heavy atom. The Morgan fingerprint density at radius 3 is 2.22 bits per heavy atom. The van der Waals surface area contributed by atoms with Crippen molar-refractivity contribution in [2.45, 2.75) is 19.8 Å². The van der Waals surface area contributed by atoms with Gasteiger partial charge in [-0.1, -0.05) is 61.9 Å². The van der Waals surface area contributed by atoms with Gasteiger partial charge in [0.15, 0.2) is 0 Å². The van der Waals surface area contributed by atoms with E-state index in [0.717, 1.165) is 38.9 Å². The summed E-state index contributed by atoms with van der Waals surface area (Å²) in [7, 11) is -4.34. The Balaban J connectivity index is 2.29. The van der Waals surface area contributed by atoms with Crippen molar-refractivity contribution in [1.82, 2.24) is 0 Å². The average Bonchev–Trinajstić information content (AvgIpc) is 2.51. The molecule has 0 saturated carbocycles. The maximum atomic E-state index is 12.2. The molecule has 0 heterocycles. The summed E-state index contributed by atoms with van der Waals surface area (Å²) in [5.74, 6) is 0. The van der Waals surface area contributed by atoms with Gasteiger partial charge in [0.05, 0.1) is 5.30 Å². The van der Waals surface area contributed by atoms with Crippen LogP contribution in [0, 0.1) is 0 Å². The molecular formula is C19H17O3P. The van der Waals surface area contributed by atoms with Gasteiger partial charge in [-0.2, -0.15) is 0 Å². The molecule has 0 aliphatic heterocycles. The molecule has 0 aliphatic carbocycles. The number of hydrogen-bond acceptors (Lipinski definition) is 1. The van der Waals surface area contributed by atoms with Crippen molar-refractivity contribution in [3.05, 3.63) is 54.1 Å². The van der Waals surface area contributed by atoms with Crippen LogP contribution in [-0.4, -0.2) is 9.79 Å². The molecule has 4 rings (SSSR count). The van der Waals surface area contributed by atoms with E-state index < -0.39 is 7.60 Å². The molecule has 0 saturated heterocycles. The van der Waals surface area contributed by atoms with E-state index in [-0.39, 0.29) is 5.30 Å². The highest BCUT2D eigenvalue weighted by atomic mass is 31.2. The van der Waals surface area contributed by atoms with Crippen LogP contribution in [0.2, 0.25) is 0 Å². The summed E-state index contributed by atoms with van der Waals surface area (Å²) in [6, 6.07) is 16.0. The fraction of sp³-hybridized carbons (Fsp3) is 0.158. The number of benzene rings is 4. The van der Waals surface area contributed by atoms with Crippen LogP contribution in [0.4, 0.5) is 0 Å². The average molecular weight is 324 g/mol. The molecule has 0 unspecified atom stereocenters. The number of rotatable bonds is 3. The van der Waals surface area contributed by atoms with Gasteiger partial charge < -0.3 is 9.79 Å². The fourth-order valence-electron chi connectivity index (χ4n) is 3.66. The molecule has 4 aromatic carbocycles. The smallest absolute Gasteiger partial charge is 0.321 e. The molecule has 0 amide bonds. The van der Waals surface area contributed by atoms with Gasteiger partial charge in [-0.15, -0.1) is 0 Å². The summed E-state index contributed by atoms with van der Waals surface area (Å²) in [4.78, 5) is 19.9. The summed E-state index contributed by atoms with van der Waals surface area (Å²) in [5, 5.41) is 6.17. The zero-order chi connectivity index (χ0) is 16.2. The number of aryl methyl sites for hydroxylation is 1. The SMILES string of the molecule is CCCc1cc2ccc3cccc4ccc(c1P(=O)(O)O)c2c34. The molecule has 3 nitrogen and oxygen atoms in total. The zero-order valence-electron chi connectivity index (χ0n) is 12.8. The summed E-state index contributed by atoms with van der Waals surface area (Å²) in [6.45, 7) is 2.02. The third kappa shape index (κ3) is 2.16. The Bertz CT molecular complexity index is 1060. The van der Waals surface area contributed by atoms with Crippen molar-refractivity contribution >= 4 is 45.2 Å². The summed E-state index contributed by atoms with van der Waals surface area (Å²) in [5.41, 5.74) is 0.756. The van der Waals surface area contributed by atoms with E-state index in [1.807, 2.05) is 49.4 Å². The lowest BCUT2D eigenvalue weighted by Gasteiger charge is -2.18. The van der Waals surface area contributed by atoms with Crippen molar-refractivity contribution < 1.29 is 14.4 Å². The lowest BCUT2D eigenvalue weighted by atomic mass is 9.92. The minimum absolute atomic E-state index is 0.199. The highest BCUT2D eigenvalue weighted by Crippen LogP contribution is 2.42. The van der Waals surface area contributed by atoms with Crippen LogP contribution in [0.3, 0.4) is 0 Å². The first-order valence-electron chi connectivity index (χ1n) is 7.76. The first-order valence-corrected chi connectivity index (χ1v) is 9.37. The molecule has 23 heavy (non-hydrogen) atoms. The molecule has 0 aromatic heterocycles. The van der Waals surface area contributed by atoms with Crippen molar-refractivity contribution in [2.75, 3.05) is 0 Å². The molecule has 0 bridgehead atoms. The third-order valence-corrected chi connectivity index (χ3v) is 5.62. The Morgan fingerprint density at radius 2 is 1.57 bits per heavy atom. The monoisotopic (exact) mass is 324 g/mol. The molecule has 0 aliphatic rings. The quantitative estimate of drug-likeness (QED) is 0.435.